The first-order valence-electron chi connectivity index (χ1n) is 8.21. The molecule has 0 saturated heterocycles. The van der Waals surface area contributed by atoms with Crippen molar-refractivity contribution >= 4 is 5.91 Å². The smallest absolute Gasteiger partial charge is 0.220 e. The summed E-state index contributed by atoms with van der Waals surface area (Å²) in [6.07, 6.45) is 6.39. The van der Waals surface area contributed by atoms with E-state index < -0.39 is 0 Å². The molecule has 1 aliphatic rings. The Labute approximate surface area is 128 Å². The van der Waals surface area contributed by atoms with Crippen LogP contribution >= 0.6 is 0 Å². The first-order chi connectivity index (χ1) is 10.1. The second-order valence-corrected chi connectivity index (χ2v) is 6.40. The number of aryl methyl sites for hydroxylation is 2. The first kappa shape index (κ1) is 16.0. The van der Waals surface area contributed by atoms with Crippen LogP contribution in [0.5, 0.6) is 0 Å². The molecule has 0 heterocycles. The minimum atomic E-state index is 0.0814. The maximum atomic E-state index is 12.0. The van der Waals surface area contributed by atoms with Gasteiger partial charge in [0, 0.05) is 6.42 Å². The molecule has 0 bridgehead atoms. The largest absolute Gasteiger partial charge is 0.350 e. The zero-order valence-electron chi connectivity index (χ0n) is 13.3. The zero-order valence-corrected chi connectivity index (χ0v) is 13.3. The minimum Gasteiger partial charge on any atom is -0.350 e. The van der Waals surface area contributed by atoms with E-state index in [-0.39, 0.29) is 11.9 Å². The van der Waals surface area contributed by atoms with E-state index in [4.69, 9.17) is 5.73 Å². The Morgan fingerprint density at radius 1 is 1.24 bits per heavy atom. The summed E-state index contributed by atoms with van der Waals surface area (Å²) in [7, 11) is 0. The molecule has 1 aromatic rings. The Hall–Kier alpha value is -1.35. The van der Waals surface area contributed by atoms with Crippen LogP contribution in [-0.2, 0) is 17.6 Å². The number of benzene rings is 1. The maximum Gasteiger partial charge on any atom is 0.220 e. The molecule has 116 valence electrons. The number of amides is 1. The number of fused-ring (bicyclic) bond motifs is 1. The van der Waals surface area contributed by atoms with Crippen molar-refractivity contribution in [3.05, 3.63) is 34.9 Å². The second-order valence-electron chi connectivity index (χ2n) is 6.40. The normalized spacial score (nSPS) is 16.9. The molecule has 0 saturated carbocycles. The Morgan fingerprint density at radius 3 is 2.67 bits per heavy atom. The molecule has 0 aromatic heterocycles. The molecule has 3 N–H and O–H groups in total. The van der Waals surface area contributed by atoms with Gasteiger partial charge in [0.15, 0.2) is 0 Å². The molecule has 21 heavy (non-hydrogen) atoms. The number of rotatable bonds is 6. The quantitative estimate of drug-likeness (QED) is 0.845. The first-order valence-corrected chi connectivity index (χ1v) is 8.21. The minimum absolute atomic E-state index is 0.0814. The lowest BCUT2D eigenvalue weighted by Crippen LogP contribution is -2.27. The van der Waals surface area contributed by atoms with Crippen molar-refractivity contribution in [2.45, 2.75) is 58.4 Å². The van der Waals surface area contributed by atoms with Crippen LogP contribution in [0.2, 0.25) is 0 Å². The second kappa shape index (κ2) is 7.60. The van der Waals surface area contributed by atoms with Crippen molar-refractivity contribution in [3.8, 4) is 0 Å². The topological polar surface area (TPSA) is 55.1 Å². The van der Waals surface area contributed by atoms with Gasteiger partial charge >= 0.3 is 0 Å². The average Bonchev–Trinajstić information content (AvgIpc) is 2.52. The predicted molar refractivity (Wildman–Crippen MR) is 87.1 cm³/mol. The Bertz CT molecular complexity index is 484. The van der Waals surface area contributed by atoms with Gasteiger partial charge in [0.25, 0.3) is 0 Å². The van der Waals surface area contributed by atoms with Crippen LogP contribution in [0.15, 0.2) is 18.2 Å². The maximum absolute atomic E-state index is 12.0. The van der Waals surface area contributed by atoms with Gasteiger partial charge in [-0.15, -0.1) is 0 Å². The van der Waals surface area contributed by atoms with Gasteiger partial charge < -0.3 is 11.1 Å². The Balaban J connectivity index is 1.90. The third-order valence-corrected chi connectivity index (χ3v) is 4.52. The van der Waals surface area contributed by atoms with E-state index in [1.807, 2.05) is 0 Å². The van der Waals surface area contributed by atoms with Crippen LogP contribution in [0.1, 0.15) is 62.3 Å². The monoisotopic (exact) mass is 288 g/mol. The molecular weight excluding hydrogens is 260 g/mol. The lowest BCUT2D eigenvalue weighted by atomic mass is 9.89. The van der Waals surface area contributed by atoms with E-state index in [0.717, 1.165) is 6.42 Å². The fourth-order valence-electron chi connectivity index (χ4n) is 2.92. The summed E-state index contributed by atoms with van der Waals surface area (Å²) in [4.78, 5) is 12.0. The van der Waals surface area contributed by atoms with E-state index in [0.29, 0.717) is 18.9 Å². The highest BCUT2D eigenvalue weighted by Gasteiger charge is 2.14. The number of nitrogens with one attached hydrogen (secondary N) is 1. The molecular formula is C18H28N2O. The molecule has 0 aliphatic heterocycles. The molecule has 2 unspecified atom stereocenters. The highest BCUT2D eigenvalue weighted by atomic mass is 16.1. The van der Waals surface area contributed by atoms with Crippen LogP contribution in [-0.4, -0.2) is 12.5 Å². The van der Waals surface area contributed by atoms with E-state index in [1.165, 1.54) is 42.4 Å². The summed E-state index contributed by atoms with van der Waals surface area (Å²) in [5, 5.41) is 3.10. The van der Waals surface area contributed by atoms with Gasteiger partial charge in [0.1, 0.15) is 0 Å². The van der Waals surface area contributed by atoms with Gasteiger partial charge in [-0.3, -0.25) is 4.79 Å². The Kier molecular flexibility index (Phi) is 5.80. The highest BCUT2D eigenvalue weighted by molar-refractivity contribution is 5.76. The van der Waals surface area contributed by atoms with Gasteiger partial charge in [0.05, 0.1) is 6.04 Å². The van der Waals surface area contributed by atoms with Crippen LogP contribution < -0.4 is 11.1 Å². The molecule has 2 rings (SSSR count). The predicted octanol–water partition coefficient (Wildman–Crippen LogP) is 3.12. The van der Waals surface area contributed by atoms with Gasteiger partial charge in [-0.2, -0.15) is 0 Å². The van der Waals surface area contributed by atoms with E-state index in [1.54, 1.807) is 0 Å². The fourth-order valence-corrected chi connectivity index (χ4v) is 2.92. The standard InChI is InChI=1S/C18H28N2O/c1-13(12-19)7-10-18(21)20-14(2)16-9-8-15-5-3-4-6-17(15)11-16/h8-9,11,13-14H,3-7,10,12,19H2,1-2H3,(H,20,21). The number of hydrogen-bond acceptors (Lipinski definition) is 2. The van der Waals surface area contributed by atoms with E-state index >= 15 is 0 Å². The number of hydrogen-bond donors (Lipinski definition) is 2. The third kappa shape index (κ3) is 4.57. The van der Waals surface area contributed by atoms with Crippen molar-refractivity contribution in [1.29, 1.82) is 0 Å². The number of carbonyl (C=O) groups is 1. The summed E-state index contributed by atoms with van der Waals surface area (Å²) in [5.41, 5.74) is 9.76. The highest BCUT2D eigenvalue weighted by Crippen LogP contribution is 2.24. The molecule has 3 heteroatoms. The van der Waals surface area contributed by atoms with Crippen LogP contribution in [0.3, 0.4) is 0 Å². The van der Waals surface area contributed by atoms with Crippen LogP contribution in [0.25, 0.3) is 0 Å². The van der Waals surface area contributed by atoms with Crippen molar-refractivity contribution in [2.75, 3.05) is 6.54 Å². The molecule has 3 nitrogen and oxygen atoms in total. The van der Waals surface area contributed by atoms with E-state index in [2.05, 4.69) is 37.4 Å². The summed E-state index contributed by atoms with van der Waals surface area (Å²) in [5.74, 6) is 0.537. The molecule has 0 radical (unpaired) electrons. The lowest BCUT2D eigenvalue weighted by molar-refractivity contribution is -0.122. The van der Waals surface area contributed by atoms with Crippen LogP contribution in [0, 0.1) is 5.92 Å². The summed E-state index contributed by atoms with van der Waals surface area (Å²) in [6.45, 7) is 4.79. The van der Waals surface area contributed by atoms with Crippen molar-refractivity contribution < 1.29 is 4.79 Å². The molecule has 0 spiro atoms. The molecule has 1 aliphatic carbocycles. The molecule has 0 fully saturated rings. The average molecular weight is 288 g/mol. The lowest BCUT2D eigenvalue weighted by Gasteiger charge is -2.20. The molecule has 1 amide bonds. The summed E-state index contributed by atoms with van der Waals surface area (Å²) >= 11 is 0. The van der Waals surface area contributed by atoms with Gasteiger partial charge in [0.2, 0.25) is 5.91 Å². The zero-order chi connectivity index (χ0) is 15.2. The summed E-state index contributed by atoms with van der Waals surface area (Å²) in [6, 6.07) is 6.76. The van der Waals surface area contributed by atoms with Crippen molar-refractivity contribution in [1.82, 2.24) is 5.32 Å². The van der Waals surface area contributed by atoms with Gasteiger partial charge in [-0.05, 0) is 68.2 Å². The SMILES string of the molecule is CC(CN)CCC(=O)NC(C)c1ccc2c(c1)CCCC2. The van der Waals surface area contributed by atoms with E-state index in [9.17, 15) is 4.79 Å². The third-order valence-electron chi connectivity index (χ3n) is 4.52. The van der Waals surface area contributed by atoms with Crippen molar-refractivity contribution in [2.24, 2.45) is 11.7 Å². The number of carbonyl (C=O) groups excluding carboxylic acids is 1. The van der Waals surface area contributed by atoms with Crippen LogP contribution in [0.4, 0.5) is 0 Å². The summed E-state index contributed by atoms with van der Waals surface area (Å²) < 4.78 is 0. The Morgan fingerprint density at radius 2 is 1.95 bits per heavy atom. The van der Waals surface area contributed by atoms with Gasteiger partial charge in [-0.1, -0.05) is 25.1 Å². The molecule has 2 atom stereocenters. The fraction of sp³-hybridized carbons (Fsp3) is 0.611. The molecule has 1 aromatic carbocycles. The number of nitrogens with two attached hydrogens (primary N) is 1. The van der Waals surface area contributed by atoms with Gasteiger partial charge in [-0.25, -0.2) is 0 Å². The van der Waals surface area contributed by atoms with Crippen molar-refractivity contribution in [3.63, 3.8) is 0 Å².